The molecule has 1 rings (SSSR count). The van der Waals surface area contributed by atoms with Crippen molar-refractivity contribution in [2.45, 2.75) is 64.0 Å². The first-order chi connectivity index (χ1) is 6.77. The van der Waals surface area contributed by atoms with Crippen molar-refractivity contribution in [3.8, 4) is 0 Å². The standard InChI is InChI=1S/C12H24FN/c1-2-3-4-5-6-8-12(13)9-7-10-14-11-12/h14H,2-11H2,1H3. The monoisotopic (exact) mass is 201 g/mol. The second-order valence-electron chi connectivity index (χ2n) is 4.60. The minimum Gasteiger partial charge on any atom is -0.314 e. The molecule has 0 aromatic carbocycles. The lowest BCUT2D eigenvalue weighted by atomic mass is 9.90. The SMILES string of the molecule is CCCCCCCC1(F)CCCNC1. The fraction of sp³-hybridized carbons (Fsp3) is 1.00. The second kappa shape index (κ2) is 6.39. The van der Waals surface area contributed by atoms with Crippen LogP contribution in [0.4, 0.5) is 4.39 Å². The molecule has 1 aliphatic heterocycles. The molecular weight excluding hydrogens is 177 g/mol. The van der Waals surface area contributed by atoms with Gasteiger partial charge in [-0.1, -0.05) is 39.0 Å². The van der Waals surface area contributed by atoms with Crippen LogP contribution in [0.2, 0.25) is 0 Å². The Morgan fingerprint density at radius 3 is 2.64 bits per heavy atom. The molecule has 0 bridgehead atoms. The van der Waals surface area contributed by atoms with Crippen molar-refractivity contribution in [1.29, 1.82) is 0 Å². The van der Waals surface area contributed by atoms with Gasteiger partial charge in [-0.05, 0) is 25.8 Å². The molecule has 1 N–H and O–H groups in total. The number of rotatable bonds is 6. The average Bonchev–Trinajstić information content (AvgIpc) is 2.18. The summed E-state index contributed by atoms with van der Waals surface area (Å²) in [7, 11) is 0. The first-order valence-electron chi connectivity index (χ1n) is 6.16. The number of piperidine rings is 1. The number of halogens is 1. The Morgan fingerprint density at radius 2 is 2.00 bits per heavy atom. The molecule has 0 spiro atoms. The predicted octanol–water partition coefficient (Wildman–Crippen LogP) is 3.44. The van der Waals surface area contributed by atoms with E-state index in [0.717, 1.165) is 32.2 Å². The molecule has 84 valence electrons. The topological polar surface area (TPSA) is 12.0 Å². The van der Waals surface area contributed by atoms with Crippen molar-refractivity contribution in [3.05, 3.63) is 0 Å². The van der Waals surface area contributed by atoms with Crippen molar-refractivity contribution < 1.29 is 4.39 Å². The summed E-state index contributed by atoms with van der Waals surface area (Å²) in [5.74, 6) is 0. The normalized spacial score (nSPS) is 27.9. The third kappa shape index (κ3) is 4.41. The smallest absolute Gasteiger partial charge is 0.123 e. The maximum atomic E-state index is 14.0. The molecule has 1 unspecified atom stereocenters. The van der Waals surface area contributed by atoms with Gasteiger partial charge in [0.05, 0.1) is 0 Å². The molecule has 0 radical (unpaired) electrons. The third-order valence-electron chi connectivity index (χ3n) is 3.15. The maximum absolute atomic E-state index is 14.0. The fourth-order valence-electron chi connectivity index (χ4n) is 2.19. The van der Waals surface area contributed by atoms with Crippen LogP contribution in [0.15, 0.2) is 0 Å². The largest absolute Gasteiger partial charge is 0.314 e. The first kappa shape index (κ1) is 12.0. The third-order valence-corrected chi connectivity index (χ3v) is 3.15. The van der Waals surface area contributed by atoms with Gasteiger partial charge in [0.15, 0.2) is 0 Å². The summed E-state index contributed by atoms with van der Waals surface area (Å²) in [4.78, 5) is 0. The zero-order valence-electron chi connectivity index (χ0n) is 9.45. The van der Waals surface area contributed by atoms with Gasteiger partial charge in [-0.2, -0.15) is 0 Å². The Bertz CT molecular complexity index is 141. The highest BCUT2D eigenvalue weighted by atomic mass is 19.1. The van der Waals surface area contributed by atoms with Crippen molar-refractivity contribution in [2.24, 2.45) is 0 Å². The molecule has 1 nitrogen and oxygen atoms in total. The molecule has 0 aromatic heterocycles. The van der Waals surface area contributed by atoms with Crippen molar-refractivity contribution in [1.82, 2.24) is 5.32 Å². The summed E-state index contributed by atoms with van der Waals surface area (Å²) in [5, 5.41) is 3.15. The lowest BCUT2D eigenvalue weighted by molar-refractivity contribution is 0.107. The van der Waals surface area contributed by atoms with Crippen LogP contribution in [0, 0.1) is 0 Å². The van der Waals surface area contributed by atoms with Gasteiger partial charge in [0, 0.05) is 6.54 Å². The van der Waals surface area contributed by atoms with Crippen molar-refractivity contribution in [3.63, 3.8) is 0 Å². The van der Waals surface area contributed by atoms with Gasteiger partial charge < -0.3 is 5.32 Å². The minimum atomic E-state index is -0.884. The molecule has 0 aromatic rings. The fourth-order valence-corrected chi connectivity index (χ4v) is 2.19. The van der Waals surface area contributed by atoms with Crippen LogP contribution < -0.4 is 5.32 Å². The molecule has 1 atom stereocenters. The molecule has 1 fully saturated rings. The van der Waals surface area contributed by atoms with E-state index >= 15 is 0 Å². The highest BCUT2D eigenvalue weighted by Gasteiger charge is 2.30. The molecule has 0 aliphatic carbocycles. The van der Waals surface area contributed by atoms with E-state index < -0.39 is 5.67 Å². The Kier molecular flexibility index (Phi) is 5.46. The summed E-state index contributed by atoms with van der Waals surface area (Å²) in [6.45, 7) is 3.80. The quantitative estimate of drug-likeness (QED) is 0.649. The van der Waals surface area contributed by atoms with Crippen LogP contribution in [0.1, 0.15) is 58.3 Å². The molecule has 0 amide bonds. The van der Waals surface area contributed by atoms with E-state index in [1.54, 1.807) is 0 Å². The summed E-state index contributed by atoms with van der Waals surface area (Å²) in [5.41, 5.74) is -0.884. The Morgan fingerprint density at radius 1 is 1.21 bits per heavy atom. The Labute approximate surface area is 87.5 Å². The summed E-state index contributed by atoms with van der Waals surface area (Å²) in [6.07, 6.45) is 8.67. The van der Waals surface area contributed by atoms with Crippen LogP contribution in [-0.4, -0.2) is 18.8 Å². The van der Waals surface area contributed by atoms with Gasteiger partial charge in [-0.25, -0.2) is 4.39 Å². The summed E-state index contributed by atoms with van der Waals surface area (Å²) in [6, 6.07) is 0. The maximum Gasteiger partial charge on any atom is 0.123 e. The van der Waals surface area contributed by atoms with Crippen LogP contribution in [-0.2, 0) is 0 Å². The zero-order chi connectivity index (χ0) is 10.3. The van der Waals surface area contributed by atoms with E-state index in [1.807, 2.05) is 0 Å². The van der Waals surface area contributed by atoms with E-state index in [4.69, 9.17) is 0 Å². The lowest BCUT2D eigenvalue weighted by Crippen LogP contribution is -2.42. The molecule has 1 saturated heterocycles. The summed E-state index contributed by atoms with van der Waals surface area (Å²) < 4.78 is 14.0. The van der Waals surface area contributed by atoms with Gasteiger partial charge in [0.25, 0.3) is 0 Å². The molecule has 14 heavy (non-hydrogen) atoms. The number of hydrogen-bond acceptors (Lipinski definition) is 1. The van der Waals surface area contributed by atoms with Gasteiger partial charge in [-0.15, -0.1) is 0 Å². The van der Waals surface area contributed by atoms with E-state index in [9.17, 15) is 4.39 Å². The number of unbranched alkanes of at least 4 members (excludes halogenated alkanes) is 4. The number of hydrogen-bond donors (Lipinski definition) is 1. The van der Waals surface area contributed by atoms with Gasteiger partial charge in [0.1, 0.15) is 5.67 Å². The Balaban J connectivity index is 2.03. The highest BCUT2D eigenvalue weighted by Crippen LogP contribution is 2.27. The Hall–Kier alpha value is -0.110. The molecule has 0 saturated carbocycles. The summed E-state index contributed by atoms with van der Waals surface area (Å²) >= 11 is 0. The van der Waals surface area contributed by atoms with Gasteiger partial charge in [0.2, 0.25) is 0 Å². The van der Waals surface area contributed by atoms with E-state index in [-0.39, 0.29) is 0 Å². The molecule has 1 heterocycles. The number of nitrogens with one attached hydrogen (secondary N) is 1. The average molecular weight is 201 g/mol. The van der Waals surface area contributed by atoms with E-state index in [0.29, 0.717) is 6.54 Å². The van der Waals surface area contributed by atoms with Crippen LogP contribution in [0.3, 0.4) is 0 Å². The van der Waals surface area contributed by atoms with Crippen LogP contribution in [0.5, 0.6) is 0 Å². The first-order valence-corrected chi connectivity index (χ1v) is 6.16. The zero-order valence-corrected chi connectivity index (χ0v) is 9.45. The predicted molar refractivity (Wildman–Crippen MR) is 59.3 cm³/mol. The van der Waals surface area contributed by atoms with Crippen LogP contribution >= 0.6 is 0 Å². The van der Waals surface area contributed by atoms with E-state index in [1.165, 1.54) is 25.7 Å². The molecular formula is C12H24FN. The minimum absolute atomic E-state index is 0.584. The van der Waals surface area contributed by atoms with Gasteiger partial charge >= 0.3 is 0 Å². The second-order valence-corrected chi connectivity index (χ2v) is 4.60. The number of alkyl halides is 1. The molecule has 2 heteroatoms. The van der Waals surface area contributed by atoms with Crippen molar-refractivity contribution in [2.75, 3.05) is 13.1 Å². The van der Waals surface area contributed by atoms with Crippen molar-refractivity contribution >= 4 is 0 Å². The van der Waals surface area contributed by atoms with Crippen LogP contribution in [0.25, 0.3) is 0 Å². The van der Waals surface area contributed by atoms with Gasteiger partial charge in [-0.3, -0.25) is 0 Å². The highest BCUT2D eigenvalue weighted by molar-refractivity contribution is 4.85. The van der Waals surface area contributed by atoms with E-state index in [2.05, 4.69) is 12.2 Å². The lowest BCUT2D eigenvalue weighted by Gasteiger charge is -2.30. The molecule has 1 aliphatic rings.